The Bertz CT molecular complexity index is 356. The van der Waals surface area contributed by atoms with Crippen molar-refractivity contribution in [1.29, 1.82) is 0 Å². The topological polar surface area (TPSA) is 3.24 Å². The monoisotopic (exact) mass is 231 g/mol. The van der Waals surface area contributed by atoms with Crippen LogP contribution < -0.4 is 4.90 Å². The van der Waals surface area contributed by atoms with Crippen LogP contribution >= 0.6 is 0 Å². The standard InChI is InChI=1S/C16H25N/c1-4-15(12-13(2)3)17-11-7-9-14-8-5-6-10-16(14)17/h5-6,8,10,13,15H,4,7,9,11-12H2,1-3H3. The molecule has 2 rings (SSSR count). The molecule has 0 aromatic heterocycles. The van der Waals surface area contributed by atoms with Gasteiger partial charge in [-0.15, -0.1) is 0 Å². The zero-order valence-electron chi connectivity index (χ0n) is 11.4. The van der Waals surface area contributed by atoms with E-state index in [9.17, 15) is 0 Å². The Labute approximate surface area is 106 Å². The van der Waals surface area contributed by atoms with Gasteiger partial charge < -0.3 is 4.90 Å². The van der Waals surface area contributed by atoms with Crippen molar-refractivity contribution in [3.63, 3.8) is 0 Å². The van der Waals surface area contributed by atoms with E-state index in [2.05, 4.69) is 49.9 Å². The van der Waals surface area contributed by atoms with E-state index < -0.39 is 0 Å². The zero-order chi connectivity index (χ0) is 12.3. The van der Waals surface area contributed by atoms with E-state index >= 15 is 0 Å². The molecule has 0 fully saturated rings. The van der Waals surface area contributed by atoms with Crippen LogP contribution in [0.25, 0.3) is 0 Å². The van der Waals surface area contributed by atoms with Crippen LogP contribution in [0.2, 0.25) is 0 Å². The average Bonchev–Trinajstić information content (AvgIpc) is 2.35. The molecule has 1 aromatic carbocycles. The van der Waals surface area contributed by atoms with Gasteiger partial charge in [0.15, 0.2) is 0 Å². The van der Waals surface area contributed by atoms with Gasteiger partial charge in [0.1, 0.15) is 0 Å². The maximum absolute atomic E-state index is 2.65. The van der Waals surface area contributed by atoms with Gasteiger partial charge in [-0.1, -0.05) is 39.0 Å². The highest BCUT2D eigenvalue weighted by atomic mass is 15.2. The van der Waals surface area contributed by atoms with Gasteiger partial charge in [-0.05, 0) is 43.2 Å². The molecule has 0 radical (unpaired) electrons. The maximum Gasteiger partial charge on any atom is 0.0401 e. The molecule has 1 nitrogen and oxygen atoms in total. The summed E-state index contributed by atoms with van der Waals surface area (Å²) < 4.78 is 0. The molecule has 0 spiro atoms. The first-order valence-corrected chi connectivity index (χ1v) is 7.07. The van der Waals surface area contributed by atoms with Gasteiger partial charge in [-0.2, -0.15) is 0 Å². The van der Waals surface area contributed by atoms with Gasteiger partial charge in [-0.3, -0.25) is 0 Å². The fraction of sp³-hybridized carbons (Fsp3) is 0.625. The summed E-state index contributed by atoms with van der Waals surface area (Å²) >= 11 is 0. The minimum absolute atomic E-state index is 0.719. The van der Waals surface area contributed by atoms with Crippen LogP contribution in [0.15, 0.2) is 24.3 Å². The first-order chi connectivity index (χ1) is 8.22. The SMILES string of the molecule is CCC(CC(C)C)N1CCCc2ccccc21. The number of anilines is 1. The van der Waals surface area contributed by atoms with Crippen molar-refractivity contribution in [1.82, 2.24) is 0 Å². The molecule has 1 unspecified atom stereocenters. The van der Waals surface area contributed by atoms with Gasteiger partial charge in [-0.25, -0.2) is 0 Å². The summed E-state index contributed by atoms with van der Waals surface area (Å²) in [5.74, 6) is 0.786. The van der Waals surface area contributed by atoms with Crippen LogP contribution in [-0.4, -0.2) is 12.6 Å². The summed E-state index contributed by atoms with van der Waals surface area (Å²) in [4.78, 5) is 2.65. The third kappa shape index (κ3) is 2.83. The highest BCUT2D eigenvalue weighted by Crippen LogP contribution is 2.30. The van der Waals surface area contributed by atoms with Gasteiger partial charge in [0.25, 0.3) is 0 Å². The summed E-state index contributed by atoms with van der Waals surface area (Å²) in [6, 6.07) is 9.67. The summed E-state index contributed by atoms with van der Waals surface area (Å²) in [6.45, 7) is 8.23. The fourth-order valence-corrected chi connectivity index (χ4v) is 3.00. The zero-order valence-corrected chi connectivity index (χ0v) is 11.4. The van der Waals surface area contributed by atoms with Crippen LogP contribution in [0.5, 0.6) is 0 Å². The van der Waals surface area contributed by atoms with Gasteiger partial charge in [0.05, 0.1) is 0 Å². The van der Waals surface area contributed by atoms with Crippen molar-refractivity contribution in [2.24, 2.45) is 5.92 Å². The number of para-hydroxylation sites is 1. The van der Waals surface area contributed by atoms with E-state index in [1.54, 1.807) is 5.56 Å². The number of aryl methyl sites for hydroxylation is 1. The second-order valence-corrected chi connectivity index (χ2v) is 5.62. The van der Waals surface area contributed by atoms with Crippen LogP contribution in [0.1, 0.15) is 45.6 Å². The van der Waals surface area contributed by atoms with Crippen molar-refractivity contribution in [3.8, 4) is 0 Å². The Balaban J connectivity index is 2.21. The Hall–Kier alpha value is -0.980. The highest BCUT2D eigenvalue weighted by Gasteiger charge is 2.23. The fourth-order valence-electron chi connectivity index (χ4n) is 3.00. The van der Waals surface area contributed by atoms with E-state index in [1.165, 1.54) is 37.9 Å². The first-order valence-electron chi connectivity index (χ1n) is 7.07. The Morgan fingerprint density at radius 3 is 2.71 bits per heavy atom. The summed E-state index contributed by atoms with van der Waals surface area (Å²) in [7, 11) is 0. The van der Waals surface area contributed by atoms with Crippen LogP contribution in [0.3, 0.4) is 0 Å². The molecule has 0 amide bonds. The minimum atomic E-state index is 0.719. The van der Waals surface area contributed by atoms with Crippen LogP contribution in [0, 0.1) is 5.92 Å². The number of hydrogen-bond donors (Lipinski definition) is 0. The quantitative estimate of drug-likeness (QED) is 0.748. The molecule has 0 saturated heterocycles. The van der Waals surface area contributed by atoms with E-state index in [0.717, 1.165) is 12.0 Å². The molecule has 1 aliphatic heterocycles. The summed E-state index contributed by atoms with van der Waals surface area (Å²) in [5.41, 5.74) is 3.03. The van der Waals surface area contributed by atoms with Crippen molar-refractivity contribution in [2.45, 2.75) is 52.5 Å². The lowest BCUT2D eigenvalue weighted by atomic mass is 9.95. The minimum Gasteiger partial charge on any atom is -0.368 e. The normalized spacial score (nSPS) is 17.1. The average molecular weight is 231 g/mol. The Kier molecular flexibility index (Phi) is 4.09. The third-order valence-electron chi connectivity index (χ3n) is 3.80. The summed E-state index contributed by atoms with van der Waals surface area (Å²) in [5, 5.41) is 0. The molecular weight excluding hydrogens is 206 g/mol. The second kappa shape index (κ2) is 5.57. The molecule has 17 heavy (non-hydrogen) atoms. The molecule has 94 valence electrons. The molecule has 1 atom stereocenters. The predicted octanol–water partition coefficient (Wildman–Crippen LogP) is 4.26. The smallest absolute Gasteiger partial charge is 0.0401 e. The molecule has 0 aliphatic carbocycles. The molecular formula is C16H25N. The number of nitrogens with zero attached hydrogens (tertiary/aromatic N) is 1. The Morgan fingerprint density at radius 1 is 1.24 bits per heavy atom. The van der Waals surface area contributed by atoms with Crippen LogP contribution in [-0.2, 0) is 6.42 Å². The van der Waals surface area contributed by atoms with Gasteiger partial charge in [0.2, 0.25) is 0 Å². The third-order valence-corrected chi connectivity index (χ3v) is 3.80. The molecule has 1 aromatic rings. The predicted molar refractivity (Wildman–Crippen MR) is 75.6 cm³/mol. The molecule has 0 bridgehead atoms. The molecule has 1 heterocycles. The first kappa shape index (κ1) is 12.5. The number of fused-ring (bicyclic) bond motifs is 1. The van der Waals surface area contributed by atoms with E-state index in [1.807, 2.05) is 0 Å². The lowest BCUT2D eigenvalue weighted by Crippen LogP contribution is -2.39. The van der Waals surface area contributed by atoms with Crippen molar-refractivity contribution >= 4 is 5.69 Å². The van der Waals surface area contributed by atoms with E-state index in [-0.39, 0.29) is 0 Å². The lowest BCUT2D eigenvalue weighted by molar-refractivity contribution is 0.445. The molecule has 0 N–H and O–H groups in total. The second-order valence-electron chi connectivity index (χ2n) is 5.62. The molecule has 1 aliphatic rings. The van der Waals surface area contributed by atoms with E-state index in [0.29, 0.717) is 0 Å². The molecule has 1 heteroatoms. The van der Waals surface area contributed by atoms with Gasteiger partial charge >= 0.3 is 0 Å². The number of rotatable bonds is 4. The van der Waals surface area contributed by atoms with Crippen molar-refractivity contribution in [3.05, 3.63) is 29.8 Å². The lowest BCUT2D eigenvalue weighted by Gasteiger charge is -2.38. The largest absolute Gasteiger partial charge is 0.368 e. The van der Waals surface area contributed by atoms with Crippen LogP contribution in [0.4, 0.5) is 5.69 Å². The Morgan fingerprint density at radius 2 is 2.00 bits per heavy atom. The highest BCUT2D eigenvalue weighted by molar-refractivity contribution is 5.56. The number of benzene rings is 1. The van der Waals surface area contributed by atoms with E-state index in [4.69, 9.17) is 0 Å². The molecule has 0 saturated carbocycles. The van der Waals surface area contributed by atoms with Crippen molar-refractivity contribution < 1.29 is 0 Å². The maximum atomic E-state index is 2.65. The van der Waals surface area contributed by atoms with Crippen molar-refractivity contribution in [2.75, 3.05) is 11.4 Å². The van der Waals surface area contributed by atoms with Gasteiger partial charge in [0, 0.05) is 18.3 Å². The number of hydrogen-bond acceptors (Lipinski definition) is 1. The summed E-state index contributed by atoms with van der Waals surface area (Å²) in [6.07, 6.45) is 5.13.